The molecule has 3 heterocycles. The first-order chi connectivity index (χ1) is 14.7. The Hall–Kier alpha value is -3.94. The van der Waals surface area contributed by atoms with Crippen LogP contribution in [-0.4, -0.2) is 26.7 Å². The number of fused-ring (bicyclic) bond motifs is 2. The summed E-state index contributed by atoms with van der Waals surface area (Å²) < 4.78 is 10.8. The van der Waals surface area contributed by atoms with Gasteiger partial charge in [0, 0.05) is 24.6 Å². The molecule has 0 spiro atoms. The highest BCUT2D eigenvalue weighted by atomic mass is 16.7. The van der Waals surface area contributed by atoms with E-state index in [1.54, 1.807) is 12.4 Å². The molecule has 0 saturated carbocycles. The van der Waals surface area contributed by atoms with Crippen LogP contribution in [0.1, 0.15) is 16.7 Å². The lowest BCUT2D eigenvalue weighted by molar-refractivity contribution is 0.174. The summed E-state index contributed by atoms with van der Waals surface area (Å²) in [5.41, 5.74) is 5.42. The highest BCUT2D eigenvalue weighted by Crippen LogP contribution is 2.32. The van der Waals surface area contributed by atoms with Crippen molar-refractivity contribution in [2.75, 3.05) is 17.4 Å². The summed E-state index contributed by atoms with van der Waals surface area (Å²) in [4.78, 5) is 18.0. The smallest absolute Gasteiger partial charge is 0.231 e. The van der Waals surface area contributed by atoms with E-state index in [4.69, 9.17) is 9.47 Å². The summed E-state index contributed by atoms with van der Waals surface area (Å²) >= 11 is 0. The minimum Gasteiger partial charge on any atom is -0.454 e. The van der Waals surface area contributed by atoms with Crippen molar-refractivity contribution in [2.45, 2.75) is 20.4 Å². The molecule has 0 saturated heterocycles. The lowest BCUT2D eigenvalue weighted by atomic mass is 10.1. The molecule has 2 N–H and O–H groups in total. The van der Waals surface area contributed by atoms with Gasteiger partial charge in [-0.05, 0) is 48.7 Å². The van der Waals surface area contributed by atoms with Gasteiger partial charge in [0.25, 0.3) is 0 Å². The fraction of sp³-hybridized carbons (Fsp3) is 0.182. The van der Waals surface area contributed by atoms with Crippen molar-refractivity contribution in [1.82, 2.24) is 19.9 Å². The average molecular weight is 400 g/mol. The molecule has 2 aromatic heterocycles. The van der Waals surface area contributed by atoms with Gasteiger partial charge in [-0.1, -0.05) is 18.2 Å². The fourth-order valence-corrected chi connectivity index (χ4v) is 3.26. The van der Waals surface area contributed by atoms with E-state index >= 15 is 0 Å². The van der Waals surface area contributed by atoms with Crippen molar-refractivity contribution in [3.05, 3.63) is 65.5 Å². The largest absolute Gasteiger partial charge is 0.454 e. The summed E-state index contributed by atoms with van der Waals surface area (Å²) in [6.45, 7) is 4.90. The Balaban J connectivity index is 1.45. The average Bonchev–Trinajstić information content (AvgIpc) is 3.23. The molecule has 0 radical (unpaired) electrons. The zero-order valence-corrected chi connectivity index (χ0v) is 16.6. The maximum absolute atomic E-state index is 5.45. The first-order valence-electron chi connectivity index (χ1n) is 9.61. The second-order valence-electron chi connectivity index (χ2n) is 7.11. The van der Waals surface area contributed by atoms with Gasteiger partial charge in [-0.15, -0.1) is 0 Å². The lowest BCUT2D eigenvalue weighted by Gasteiger charge is -2.13. The van der Waals surface area contributed by atoms with Crippen LogP contribution >= 0.6 is 0 Å². The van der Waals surface area contributed by atoms with E-state index in [-0.39, 0.29) is 6.79 Å². The van der Waals surface area contributed by atoms with Crippen molar-refractivity contribution in [3.8, 4) is 11.5 Å². The number of hydrogen-bond donors (Lipinski definition) is 2. The molecule has 0 aliphatic carbocycles. The zero-order valence-electron chi connectivity index (χ0n) is 16.6. The second kappa shape index (κ2) is 7.47. The molecule has 2 aromatic carbocycles. The Labute approximate surface area is 173 Å². The van der Waals surface area contributed by atoms with Crippen molar-refractivity contribution in [1.29, 1.82) is 0 Å². The van der Waals surface area contributed by atoms with Crippen LogP contribution in [0.3, 0.4) is 0 Å². The first-order valence-corrected chi connectivity index (χ1v) is 9.61. The monoisotopic (exact) mass is 400 g/mol. The van der Waals surface area contributed by atoms with Crippen molar-refractivity contribution in [3.63, 3.8) is 0 Å². The Bertz CT molecular complexity index is 1240. The third-order valence-electron chi connectivity index (χ3n) is 4.87. The Kier molecular flexibility index (Phi) is 4.51. The van der Waals surface area contributed by atoms with Crippen LogP contribution in [0.4, 0.5) is 17.5 Å². The second-order valence-corrected chi connectivity index (χ2v) is 7.11. The molecule has 1 aliphatic heterocycles. The highest BCUT2D eigenvalue weighted by molar-refractivity contribution is 5.86. The summed E-state index contributed by atoms with van der Waals surface area (Å²) in [6, 6.07) is 12.1. The van der Waals surface area contributed by atoms with Gasteiger partial charge in [0.2, 0.25) is 12.7 Å². The standard InChI is InChI=1S/C22H20N6O2/c1-13-3-4-14(2)16(9-13)26-21-19-20(24-8-7-23-19)27-22(28-21)25-11-15-5-6-17-18(10-15)30-12-29-17/h3-10H,11-12H2,1-2H3,(H2,24,25,26,27,28). The molecular weight excluding hydrogens is 380 g/mol. The minimum atomic E-state index is 0.256. The molecule has 0 unspecified atom stereocenters. The first kappa shape index (κ1) is 18.1. The number of nitrogens with zero attached hydrogens (tertiary/aromatic N) is 4. The Morgan fingerprint density at radius 1 is 0.933 bits per heavy atom. The van der Waals surface area contributed by atoms with Gasteiger partial charge in [0.1, 0.15) is 0 Å². The number of hydrogen-bond acceptors (Lipinski definition) is 8. The Morgan fingerprint density at radius 3 is 2.73 bits per heavy atom. The third-order valence-corrected chi connectivity index (χ3v) is 4.87. The van der Waals surface area contributed by atoms with Gasteiger partial charge in [-0.25, -0.2) is 9.97 Å². The van der Waals surface area contributed by atoms with Crippen LogP contribution in [-0.2, 0) is 6.54 Å². The quantitative estimate of drug-likeness (QED) is 0.517. The van der Waals surface area contributed by atoms with Crippen LogP contribution < -0.4 is 20.1 Å². The van der Waals surface area contributed by atoms with E-state index in [1.807, 2.05) is 18.2 Å². The van der Waals surface area contributed by atoms with Crippen molar-refractivity contribution in [2.24, 2.45) is 0 Å². The number of rotatable bonds is 5. The summed E-state index contributed by atoms with van der Waals surface area (Å²) in [5.74, 6) is 2.58. The van der Waals surface area contributed by atoms with Gasteiger partial charge < -0.3 is 20.1 Å². The van der Waals surface area contributed by atoms with E-state index in [1.165, 1.54) is 0 Å². The lowest BCUT2D eigenvalue weighted by Crippen LogP contribution is -2.07. The molecule has 30 heavy (non-hydrogen) atoms. The normalized spacial score (nSPS) is 12.2. The molecule has 0 bridgehead atoms. The van der Waals surface area contributed by atoms with E-state index in [9.17, 15) is 0 Å². The number of aryl methyl sites for hydroxylation is 2. The SMILES string of the molecule is Cc1ccc(C)c(Nc2nc(NCc3ccc4c(c3)OCO4)nc3nccnc23)c1. The third kappa shape index (κ3) is 3.55. The van der Waals surface area contributed by atoms with Crippen molar-refractivity contribution < 1.29 is 9.47 Å². The number of anilines is 3. The number of benzene rings is 2. The molecule has 0 amide bonds. The van der Waals surface area contributed by atoms with Gasteiger partial charge in [0.15, 0.2) is 28.5 Å². The maximum Gasteiger partial charge on any atom is 0.231 e. The van der Waals surface area contributed by atoms with Gasteiger partial charge >= 0.3 is 0 Å². The van der Waals surface area contributed by atoms with Crippen molar-refractivity contribution >= 4 is 28.6 Å². The summed E-state index contributed by atoms with van der Waals surface area (Å²) in [5, 5.41) is 6.67. The Morgan fingerprint density at radius 2 is 1.80 bits per heavy atom. The molecule has 5 rings (SSSR count). The van der Waals surface area contributed by atoms with Gasteiger partial charge in [-0.2, -0.15) is 9.97 Å². The molecule has 4 aromatic rings. The van der Waals surface area contributed by atoms with Crippen LogP contribution in [0.25, 0.3) is 11.2 Å². The van der Waals surface area contributed by atoms with E-state index in [0.717, 1.165) is 33.9 Å². The molecule has 0 atom stereocenters. The number of ether oxygens (including phenoxy) is 2. The molecule has 0 fully saturated rings. The topological polar surface area (TPSA) is 94.1 Å². The molecule has 8 heteroatoms. The predicted molar refractivity (Wildman–Crippen MR) is 114 cm³/mol. The predicted octanol–water partition coefficient (Wildman–Crippen LogP) is 4.12. The molecule has 8 nitrogen and oxygen atoms in total. The summed E-state index contributed by atoms with van der Waals surface area (Å²) in [7, 11) is 0. The van der Waals surface area contributed by atoms with E-state index in [2.05, 4.69) is 62.6 Å². The number of aromatic nitrogens is 4. The van der Waals surface area contributed by atoms with Crippen LogP contribution in [0.15, 0.2) is 48.8 Å². The van der Waals surface area contributed by atoms with Crippen LogP contribution in [0.5, 0.6) is 11.5 Å². The number of nitrogens with one attached hydrogen (secondary N) is 2. The molecular formula is C22H20N6O2. The van der Waals surface area contributed by atoms with E-state index in [0.29, 0.717) is 29.5 Å². The highest BCUT2D eigenvalue weighted by Gasteiger charge is 2.14. The van der Waals surface area contributed by atoms with Crippen LogP contribution in [0.2, 0.25) is 0 Å². The summed E-state index contributed by atoms with van der Waals surface area (Å²) in [6.07, 6.45) is 3.26. The zero-order chi connectivity index (χ0) is 20.5. The minimum absolute atomic E-state index is 0.256. The fourth-order valence-electron chi connectivity index (χ4n) is 3.26. The van der Waals surface area contributed by atoms with Crippen LogP contribution in [0, 0.1) is 13.8 Å². The van der Waals surface area contributed by atoms with Gasteiger partial charge in [0.05, 0.1) is 0 Å². The molecule has 150 valence electrons. The van der Waals surface area contributed by atoms with E-state index < -0.39 is 0 Å². The molecule has 1 aliphatic rings. The maximum atomic E-state index is 5.45. The van der Waals surface area contributed by atoms with Gasteiger partial charge in [-0.3, -0.25) is 0 Å².